The van der Waals surface area contributed by atoms with Gasteiger partial charge in [-0.15, -0.1) is 0 Å². The van der Waals surface area contributed by atoms with Crippen molar-refractivity contribution >= 4 is 23.4 Å². The molecule has 1 aromatic carbocycles. The third-order valence-corrected chi connectivity index (χ3v) is 4.71. The lowest BCUT2D eigenvalue weighted by Crippen LogP contribution is -2.28. The van der Waals surface area contributed by atoms with Crippen molar-refractivity contribution in [2.24, 2.45) is 0 Å². The Bertz CT molecular complexity index is 1180. The van der Waals surface area contributed by atoms with E-state index in [0.29, 0.717) is 5.76 Å². The van der Waals surface area contributed by atoms with Crippen LogP contribution in [0.1, 0.15) is 29.5 Å². The van der Waals surface area contributed by atoms with Crippen LogP contribution in [0.2, 0.25) is 0 Å². The third kappa shape index (κ3) is 6.76. The van der Waals surface area contributed by atoms with E-state index in [0.717, 1.165) is 6.33 Å². The van der Waals surface area contributed by atoms with Gasteiger partial charge < -0.3 is 28.6 Å². The summed E-state index contributed by atoms with van der Waals surface area (Å²) in [5.41, 5.74) is -0.596. The summed E-state index contributed by atoms with van der Waals surface area (Å²) >= 11 is 0. The summed E-state index contributed by atoms with van der Waals surface area (Å²) in [4.78, 5) is 45.2. The van der Waals surface area contributed by atoms with Gasteiger partial charge in [-0.25, -0.2) is 9.78 Å². The number of benzene rings is 1. The van der Waals surface area contributed by atoms with Crippen molar-refractivity contribution in [1.29, 1.82) is 0 Å². The molecule has 0 atom stereocenters. The molecule has 0 aliphatic carbocycles. The van der Waals surface area contributed by atoms with Gasteiger partial charge in [0.05, 0.1) is 37.4 Å². The molecule has 1 N–H and O–H groups in total. The predicted molar refractivity (Wildman–Crippen MR) is 124 cm³/mol. The number of nitro groups is 1. The van der Waals surface area contributed by atoms with Crippen LogP contribution in [-0.2, 0) is 20.8 Å². The Labute approximate surface area is 205 Å². The molecule has 0 unspecified atom stereocenters. The number of para-hydroxylation sites is 1. The number of aliphatic hydroxyl groups is 1. The Kier molecular flexibility index (Phi) is 9.28. The molecule has 0 radical (unpaired) electrons. The zero-order valence-electron chi connectivity index (χ0n) is 19.4. The zero-order valence-corrected chi connectivity index (χ0v) is 19.4. The average molecular weight is 500 g/mol. The predicted octanol–water partition coefficient (Wildman–Crippen LogP) is 2.88. The molecular weight excluding hydrogens is 476 g/mol. The van der Waals surface area contributed by atoms with E-state index in [1.165, 1.54) is 23.3 Å². The lowest BCUT2D eigenvalue weighted by molar-refractivity contribution is -0.385. The molecule has 0 saturated heterocycles. The van der Waals surface area contributed by atoms with E-state index in [-0.39, 0.29) is 56.5 Å². The number of carbonyl (C=O) groups is 2. The first-order valence-corrected chi connectivity index (χ1v) is 10.9. The first-order valence-electron chi connectivity index (χ1n) is 10.9. The average Bonchev–Trinajstić information content (AvgIpc) is 3.38. The molecule has 13 heteroatoms. The molecule has 0 amide bonds. The van der Waals surface area contributed by atoms with Crippen molar-refractivity contribution in [2.45, 2.75) is 19.9 Å². The van der Waals surface area contributed by atoms with Crippen molar-refractivity contribution in [1.82, 2.24) is 9.97 Å². The van der Waals surface area contributed by atoms with E-state index in [2.05, 4.69) is 9.97 Å². The Balaban J connectivity index is 1.98. The molecule has 190 valence electrons. The summed E-state index contributed by atoms with van der Waals surface area (Å²) in [6.45, 7) is 1.37. The van der Waals surface area contributed by atoms with Gasteiger partial charge in [-0.05, 0) is 31.2 Å². The number of hydrogen-bond acceptors (Lipinski definition) is 12. The number of nitrogens with zero attached hydrogens (tertiary/aromatic N) is 4. The van der Waals surface area contributed by atoms with E-state index in [9.17, 15) is 19.7 Å². The molecule has 0 aliphatic heterocycles. The number of anilines is 1. The topological polar surface area (TPSA) is 167 Å². The van der Waals surface area contributed by atoms with E-state index < -0.39 is 28.4 Å². The molecule has 36 heavy (non-hydrogen) atoms. The Morgan fingerprint density at radius 1 is 1.17 bits per heavy atom. The number of aromatic nitrogens is 2. The molecule has 0 aliphatic rings. The second kappa shape index (κ2) is 12.8. The fraction of sp³-hybridized carbons (Fsp3) is 0.304. The van der Waals surface area contributed by atoms with E-state index >= 15 is 0 Å². The van der Waals surface area contributed by atoms with Gasteiger partial charge in [0.1, 0.15) is 30.0 Å². The number of carbonyl (C=O) groups excluding carboxylic acids is 2. The smallest absolute Gasteiger partial charge is 0.373 e. The Hall–Kier alpha value is -4.52. The van der Waals surface area contributed by atoms with Crippen LogP contribution in [0.3, 0.4) is 0 Å². The van der Waals surface area contributed by atoms with E-state index in [1.807, 2.05) is 0 Å². The van der Waals surface area contributed by atoms with E-state index in [1.54, 1.807) is 31.2 Å². The van der Waals surface area contributed by atoms with Crippen LogP contribution in [0.4, 0.5) is 11.5 Å². The van der Waals surface area contributed by atoms with Crippen molar-refractivity contribution in [3.63, 3.8) is 0 Å². The molecule has 2 aromatic heterocycles. The van der Waals surface area contributed by atoms with Crippen molar-refractivity contribution in [3.8, 4) is 11.6 Å². The molecule has 0 spiro atoms. The monoisotopic (exact) mass is 500 g/mol. The molecule has 0 saturated carbocycles. The van der Waals surface area contributed by atoms with Gasteiger partial charge in [-0.3, -0.25) is 14.9 Å². The van der Waals surface area contributed by atoms with Crippen LogP contribution < -0.4 is 9.64 Å². The van der Waals surface area contributed by atoms with Crippen LogP contribution in [0.5, 0.6) is 11.6 Å². The van der Waals surface area contributed by atoms with Gasteiger partial charge in [0, 0.05) is 6.54 Å². The summed E-state index contributed by atoms with van der Waals surface area (Å²) in [6.07, 6.45) is 2.46. The van der Waals surface area contributed by atoms with Crippen LogP contribution in [0.15, 0.2) is 53.4 Å². The van der Waals surface area contributed by atoms with Gasteiger partial charge >= 0.3 is 23.5 Å². The maximum Gasteiger partial charge on any atom is 0.373 e. The molecular formula is C23H24N4O9. The summed E-state index contributed by atoms with van der Waals surface area (Å²) < 4.78 is 21.0. The fourth-order valence-corrected chi connectivity index (χ4v) is 3.17. The quantitative estimate of drug-likeness (QED) is 0.207. The highest BCUT2D eigenvalue weighted by molar-refractivity contribution is 5.92. The highest BCUT2D eigenvalue weighted by Gasteiger charge is 2.30. The number of esters is 2. The Morgan fingerprint density at radius 2 is 1.97 bits per heavy atom. The zero-order chi connectivity index (χ0) is 25.9. The number of furan rings is 1. The molecule has 3 aromatic rings. The van der Waals surface area contributed by atoms with Gasteiger partial charge in [-0.2, -0.15) is 4.98 Å². The van der Waals surface area contributed by atoms with Crippen LogP contribution in [0.25, 0.3) is 0 Å². The molecule has 0 fully saturated rings. The largest absolute Gasteiger partial charge is 0.467 e. The standard InChI is InChI=1S/C23H24N4O9/c1-2-33-19(29)9-10-26(14-16-6-5-12-34-16)21-20(27(31)32)22(25-15-24-21)36-18-8-4-3-7-17(18)23(30)35-13-11-28/h3-8,12,15,28H,2,9-11,13-14H2,1H3. The minimum absolute atomic E-state index is 0.0184. The second-order valence-electron chi connectivity index (χ2n) is 7.12. The first-order chi connectivity index (χ1) is 17.4. The highest BCUT2D eigenvalue weighted by atomic mass is 16.6. The van der Waals surface area contributed by atoms with Crippen LogP contribution in [0, 0.1) is 10.1 Å². The lowest BCUT2D eigenvalue weighted by Gasteiger charge is -2.22. The number of ether oxygens (including phenoxy) is 3. The SMILES string of the molecule is CCOC(=O)CCN(Cc1ccco1)c1ncnc(Oc2ccccc2C(=O)OCCO)c1[N+](=O)[O-]. The van der Waals surface area contributed by atoms with Gasteiger partial charge in [0.25, 0.3) is 0 Å². The van der Waals surface area contributed by atoms with Crippen molar-refractivity contribution in [3.05, 3.63) is 70.4 Å². The first kappa shape index (κ1) is 26.1. The number of rotatable bonds is 13. The summed E-state index contributed by atoms with van der Waals surface area (Å²) in [7, 11) is 0. The maximum absolute atomic E-state index is 12.3. The van der Waals surface area contributed by atoms with Crippen molar-refractivity contribution in [2.75, 3.05) is 31.3 Å². The van der Waals surface area contributed by atoms with Crippen molar-refractivity contribution < 1.29 is 38.2 Å². The number of hydrogen-bond donors (Lipinski definition) is 1. The third-order valence-electron chi connectivity index (χ3n) is 4.71. The summed E-state index contributed by atoms with van der Waals surface area (Å²) in [5, 5.41) is 21.0. The normalized spacial score (nSPS) is 10.5. The minimum atomic E-state index is -0.787. The highest BCUT2D eigenvalue weighted by Crippen LogP contribution is 2.37. The Morgan fingerprint density at radius 3 is 2.67 bits per heavy atom. The minimum Gasteiger partial charge on any atom is -0.467 e. The molecule has 13 nitrogen and oxygen atoms in total. The molecule has 0 bridgehead atoms. The van der Waals surface area contributed by atoms with Gasteiger partial charge in [0.2, 0.25) is 5.82 Å². The molecule has 2 heterocycles. The summed E-state index contributed by atoms with van der Waals surface area (Å²) in [5.74, 6) is -1.38. The number of aliphatic hydroxyl groups excluding tert-OH is 1. The fourth-order valence-electron chi connectivity index (χ4n) is 3.17. The van der Waals surface area contributed by atoms with E-state index in [4.69, 9.17) is 23.7 Å². The second-order valence-corrected chi connectivity index (χ2v) is 7.12. The van der Waals surface area contributed by atoms with Gasteiger partial charge in [0.15, 0.2) is 0 Å². The molecule has 3 rings (SSSR count). The van der Waals surface area contributed by atoms with Gasteiger partial charge in [-0.1, -0.05) is 12.1 Å². The van der Waals surface area contributed by atoms with Crippen LogP contribution in [-0.4, -0.2) is 58.3 Å². The lowest BCUT2D eigenvalue weighted by atomic mass is 10.2. The summed E-state index contributed by atoms with van der Waals surface area (Å²) in [6, 6.07) is 9.29. The maximum atomic E-state index is 12.3. The van der Waals surface area contributed by atoms with Crippen LogP contribution >= 0.6 is 0 Å².